The van der Waals surface area contributed by atoms with Crippen LogP contribution in [0.25, 0.3) is 5.57 Å². The Morgan fingerprint density at radius 1 is 1.25 bits per heavy atom. The number of allylic oxidation sites excluding steroid dienone is 2. The Labute approximate surface area is 168 Å². The summed E-state index contributed by atoms with van der Waals surface area (Å²) >= 11 is 1.51. The summed E-state index contributed by atoms with van der Waals surface area (Å²) < 4.78 is 30.2. The molecule has 0 amide bonds. The molecule has 0 spiro atoms. The highest BCUT2D eigenvalue weighted by Gasteiger charge is 2.40. The molecule has 8 heteroatoms. The first kappa shape index (κ1) is 20.3. The minimum Gasteiger partial charge on any atom is -0.465 e. The standard InChI is InChI=1S/C20H21NO5S2/c1-3-26-20(23)19-16(18-5-4-10-27-18)11-14(12-17(19)22)13-6-8-15(9-7-13)21-28(2,24)25/h4-10,12,16,19,21H,3,11H2,1-2H3. The number of carbonyl (C=O) groups is 2. The summed E-state index contributed by atoms with van der Waals surface area (Å²) in [5.74, 6) is -1.88. The van der Waals surface area contributed by atoms with Crippen molar-refractivity contribution in [1.29, 1.82) is 0 Å². The lowest BCUT2D eigenvalue weighted by atomic mass is 9.76. The molecule has 148 valence electrons. The predicted molar refractivity (Wildman–Crippen MR) is 110 cm³/mol. The first-order valence-electron chi connectivity index (χ1n) is 8.81. The molecular formula is C20H21NO5S2. The quantitative estimate of drug-likeness (QED) is 0.572. The lowest BCUT2D eigenvalue weighted by Crippen LogP contribution is -2.33. The Morgan fingerprint density at radius 3 is 2.54 bits per heavy atom. The fraction of sp³-hybridized carbons (Fsp3) is 0.300. The Morgan fingerprint density at radius 2 is 1.96 bits per heavy atom. The Bertz CT molecular complexity index is 992. The van der Waals surface area contributed by atoms with Crippen molar-refractivity contribution in [2.45, 2.75) is 19.3 Å². The third-order valence-corrected chi connectivity index (χ3v) is 6.08. The van der Waals surface area contributed by atoms with Crippen LogP contribution in [-0.2, 0) is 24.3 Å². The summed E-state index contributed by atoms with van der Waals surface area (Å²) in [6.45, 7) is 1.95. The molecule has 1 aromatic carbocycles. The number of esters is 1. The van der Waals surface area contributed by atoms with Crippen LogP contribution >= 0.6 is 11.3 Å². The van der Waals surface area contributed by atoms with Crippen molar-refractivity contribution in [2.24, 2.45) is 5.92 Å². The number of benzene rings is 1. The molecule has 28 heavy (non-hydrogen) atoms. The van der Waals surface area contributed by atoms with Gasteiger partial charge in [-0.2, -0.15) is 0 Å². The maximum absolute atomic E-state index is 12.8. The molecule has 0 radical (unpaired) electrons. The Kier molecular flexibility index (Phi) is 6.00. The second-order valence-corrected chi connectivity index (χ2v) is 9.31. The summed E-state index contributed by atoms with van der Waals surface area (Å²) in [4.78, 5) is 26.2. The summed E-state index contributed by atoms with van der Waals surface area (Å²) in [7, 11) is -3.35. The molecule has 0 saturated carbocycles. The van der Waals surface area contributed by atoms with Gasteiger partial charge in [-0.15, -0.1) is 11.3 Å². The topological polar surface area (TPSA) is 89.5 Å². The normalized spacial score (nSPS) is 19.8. The van der Waals surface area contributed by atoms with Crippen molar-refractivity contribution in [1.82, 2.24) is 0 Å². The van der Waals surface area contributed by atoms with E-state index in [2.05, 4.69) is 4.72 Å². The van der Waals surface area contributed by atoms with E-state index in [0.717, 1.165) is 22.3 Å². The molecule has 2 aromatic rings. The fourth-order valence-electron chi connectivity index (χ4n) is 3.32. The predicted octanol–water partition coefficient (Wildman–Crippen LogP) is 3.44. The van der Waals surface area contributed by atoms with Gasteiger partial charge in [0, 0.05) is 16.5 Å². The van der Waals surface area contributed by atoms with Crippen molar-refractivity contribution in [3.63, 3.8) is 0 Å². The van der Waals surface area contributed by atoms with Crippen LogP contribution in [0.3, 0.4) is 0 Å². The Balaban J connectivity index is 1.91. The molecule has 0 bridgehead atoms. The molecule has 3 rings (SSSR count). The number of hydrogen-bond donors (Lipinski definition) is 1. The lowest BCUT2D eigenvalue weighted by Gasteiger charge is -2.28. The van der Waals surface area contributed by atoms with Crippen LogP contribution in [0.5, 0.6) is 0 Å². The lowest BCUT2D eigenvalue weighted by molar-refractivity contribution is -0.151. The van der Waals surface area contributed by atoms with Gasteiger partial charge in [-0.25, -0.2) is 8.42 Å². The molecule has 1 N–H and O–H groups in total. The molecule has 2 unspecified atom stereocenters. The van der Waals surface area contributed by atoms with Crippen molar-refractivity contribution < 1.29 is 22.7 Å². The van der Waals surface area contributed by atoms with E-state index in [9.17, 15) is 18.0 Å². The van der Waals surface area contributed by atoms with E-state index in [0.29, 0.717) is 12.1 Å². The summed E-state index contributed by atoms with van der Waals surface area (Å²) in [6, 6.07) is 10.7. The number of rotatable bonds is 6. The third-order valence-electron chi connectivity index (χ3n) is 4.47. The molecule has 1 aliphatic carbocycles. The smallest absolute Gasteiger partial charge is 0.317 e. The highest BCUT2D eigenvalue weighted by Crippen LogP contribution is 2.42. The zero-order chi connectivity index (χ0) is 20.3. The second kappa shape index (κ2) is 8.28. The molecule has 1 aromatic heterocycles. The first-order valence-corrected chi connectivity index (χ1v) is 11.6. The number of anilines is 1. The van der Waals surface area contributed by atoms with Crippen LogP contribution in [-0.4, -0.2) is 33.0 Å². The van der Waals surface area contributed by atoms with Crippen molar-refractivity contribution in [2.75, 3.05) is 17.6 Å². The van der Waals surface area contributed by atoms with E-state index in [1.54, 1.807) is 31.2 Å². The summed E-state index contributed by atoms with van der Waals surface area (Å²) in [5, 5.41) is 1.92. The highest BCUT2D eigenvalue weighted by atomic mass is 32.2. The molecule has 0 fully saturated rings. The van der Waals surface area contributed by atoms with Gasteiger partial charge in [-0.3, -0.25) is 14.3 Å². The van der Waals surface area contributed by atoms with Gasteiger partial charge in [0.15, 0.2) is 5.78 Å². The molecule has 1 aliphatic rings. The average molecular weight is 420 g/mol. The van der Waals surface area contributed by atoms with Crippen LogP contribution in [0, 0.1) is 5.92 Å². The number of ketones is 1. The number of ether oxygens (including phenoxy) is 1. The van der Waals surface area contributed by atoms with Gasteiger partial charge in [0.05, 0.1) is 12.9 Å². The van der Waals surface area contributed by atoms with E-state index in [4.69, 9.17) is 4.74 Å². The van der Waals surface area contributed by atoms with E-state index in [1.807, 2.05) is 17.5 Å². The zero-order valence-electron chi connectivity index (χ0n) is 15.5. The minimum atomic E-state index is -3.35. The first-order chi connectivity index (χ1) is 13.3. The van der Waals surface area contributed by atoms with Gasteiger partial charge in [-0.05, 0) is 54.1 Å². The molecular weight excluding hydrogens is 398 g/mol. The van der Waals surface area contributed by atoms with Crippen LogP contribution in [0.15, 0.2) is 47.9 Å². The van der Waals surface area contributed by atoms with Gasteiger partial charge >= 0.3 is 5.97 Å². The van der Waals surface area contributed by atoms with Gasteiger partial charge < -0.3 is 4.74 Å². The van der Waals surface area contributed by atoms with Crippen LogP contribution < -0.4 is 4.72 Å². The largest absolute Gasteiger partial charge is 0.465 e. The maximum atomic E-state index is 12.8. The molecule has 0 saturated heterocycles. The van der Waals surface area contributed by atoms with E-state index in [-0.39, 0.29) is 18.3 Å². The monoisotopic (exact) mass is 419 g/mol. The minimum absolute atomic E-state index is 0.227. The summed E-state index contributed by atoms with van der Waals surface area (Å²) in [5.41, 5.74) is 2.08. The van der Waals surface area contributed by atoms with Crippen LogP contribution in [0.1, 0.15) is 29.7 Å². The van der Waals surface area contributed by atoms with Gasteiger partial charge in [0.2, 0.25) is 10.0 Å². The average Bonchev–Trinajstić information content (AvgIpc) is 3.15. The van der Waals surface area contributed by atoms with Crippen molar-refractivity contribution in [3.05, 3.63) is 58.3 Å². The van der Waals surface area contributed by atoms with Crippen molar-refractivity contribution in [3.8, 4) is 0 Å². The zero-order valence-corrected chi connectivity index (χ0v) is 17.2. The maximum Gasteiger partial charge on any atom is 0.317 e. The molecule has 0 aliphatic heterocycles. The Hall–Kier alpha value is -2.45. The van der Waals surface area contributed by atoms with Crippen molar-refractivity contribution >= 4 is 44.4 Å². The van der Waals surface area contributed by atoms with Gasteiger partial charge in [-0.1, -0.05) is 18.2 Å². The number of thiophene rings is 1. The molecule has 1 heterocycles. The van der Waals surface area contributed by atoms with Crippen LogP contribution in [0.4, 0.5) is 5.69 Å². The van der Waals surface area contributed by atoms with E-state index in [1.165, 1.54) is 17.4 Å². The second-order valence-electron chi connectivity index (χ2n) is 6.58. The van der Waals surface area contributed by atoms with E-state index < -0.39 is 21.9 Å². The van der Waals surface area contributed by atoms with Gasteiger partial charge in [0.25, 0.3) is 0 Å². The van der Waals surface area contributed by atoms with Crippen LogP contribution in [0.2, 0.25) is 0 Å². The fourth-order valence-corrected chi connectivity index (χ4v) is 4.75. The number of sulfonamides is 1. The number of carbonyl (C=O) groups excluding carboxylic acids is 2. The SMILES string of the molecule is CCOC(=O)C1C(=O)C=C(c2ccc(NS(C)(=O)=O)cc2)CC1c1cccs1. The number of hydrogen-bond acceptors (Lipinski definition) is 6. The molecule has 6 nitrogen and oxygen atoms in total. The number of nitrogens with one attached hydrogen (secondary N) is 1. The molecule has 2 atom stereocenters. The third kappa shape index (κ3) is 4.69. The summed E-state index contributed by atoms with van der Waals surface area (Å²) in [6.07, 6.45) is 3.11. The van der Waals surface area contributed by atoms with Gasteiger partial charge in [0.1, 0.15) is 5.92 Å². The highest BCUT2D eigenvalue weighted by molar-refractivity contribution is 7.92. The van der Waals surface area contributed by atoms with E-state index >= 15 is 0 Å².